The third-order valence-corrected chi connectivity index (χ3v) is 8.80. The number of aliphatic hydroxyl groups is 1. The number of fused-ring (bicyclic) bond motifs is 1. The van der Waals surface area contributed by atoms with Crippen LogP contribution in [0, 0.1) is 5.92 Å². The van der Waals surface area contributed by atoms with Crippen molar-refractivity contribution in [3.8, 4) is 5.75 Å². The van der Waals surface area contributed by atoms with E-state index in [0.717, 1.165) is 5.56 Å². The minimum Gasteiger partial charge on any atom is -0.746 e. The SMILES string of the molecule is COc1cccc2[nH]c(C(=O)N3C[C@H](c4ccccc4)C[C@H]3C(=O)N[C@@H](C[C@@H]3CCNC3=O)C(O)S(=O)(=O)[O-])cc12. The maximum absolute atomic E-state index is 13.8. The second kappa shape index (κ2) is 11.5. The summed E-state index contributed by atoms with van der Waals surface area (Å²) >= 11 is 0. The number of nitrogens with zero attached hydrogens (tertiary/aromatic N) is 1. The monoisotopic (exact) mass is 583 g/mol. The lowest BCUT2D eigenvalue weighted by atomic mass is 9.95. The number of amides is 3. The van der Waals surface area contributed by atoms with Gasteiger partial charge in [0.25, 0.3) is 5.91 Å². The number of hydrogen-bond donors (Lipinski definition) is 4. The summed E-state index contributed by atoms with van der Waals surface area (Å²) in [6.07, 6.45) is 0.345. The molecule has 13 heteroatoms. The molecule has 3 heterocycles. The van der Waals surface area contributed by atoms with E-state index in [1.54, 1.807) is 24.3 Å². The van der Waals surface area contributed by atoms with Crippen molar-refractivity contribution < 1.29 is 37.2 Å². The van der Waals surface area contributed by atoms with Gasteiger partial charge in [-0.25, -0.2) is 8.42 Å². The van der Waals surface area contributed by atoms with Gasteiger partial charge < -0.3 is 34.9 Å². The molecule has 12 nitrogen and oxygen atoms in total. The van der Waals surface area contributed by atoms with E-state index in [0.29, 0.717) is 29.6 Å². The van der Waals surface area contributed by atoms with E-state index < -0.39 is 45.4 Å². The van der Waals surface area contributed by atoms with Gasteiger partial charge in [0.1, 0.15) is 27.6 Å². The van der Waals surface area contributed by atoms with Crippen LogP contribution in [-0.2, 0) is 19.7 Å². The first kappa shape index (κ1) is 28.6. The third kappa shape index (κ3) is 5.92. The van der Waals surface area contributed by atoms with Crippen LogP contribution in [0.4, 0.5) is 0 Å². The fourth-order valence-electron chi connectivity index (χ4n) is 5.75. The number of H-pyrrole nitrogens is 1. The van der Waals surface area contributed by atoms with Crippen molar-refractivity contribution in [1.29, 1.82) is 0 Å². The molecule has 5 atom stereocenters. The maximum Gasteiger partial charge on any atom is 0.271 e. The van der Waals surface area contributed by atoms with Crippen LogP contribution in [0.25, 0.3) is 10.9 Å². The van der Waals surface area contributed by atoms with Gasteiger partial charge in [0, 0.05) is 35.8 Å². The Hall–Kier alpha value is -3.94. The number of ether oxygens (including phenoxy) is 1. The first-order valence-electron chi connectivity index (χ1n) is 13.3. The Morgan fingerprint density at radius 2 is 1.95 bits per heavy atom. The number of aromatic amines is 1. The molecule has 2 aliphatic heterocycles. The lowest BCUT2D eigenvalue weighted by Gasteiger charge is -2.30. The maximum atomic E-state index is 13.8. The molecule has 2 saturated heterocycles. The minimum atomic E-state index is -5.22. The molecule has 41 heavy (non-hydrogen) atoms. The minimum absolute atomic E-state index is 0.200. The number of hydrogen-bond acceptors (Lipinski definition) is 8. The van der Waals surface area contributed by atoms with Crippen molar-refractivity contribution in [3.05, 3.63) is 65.9 Å². The van der Waals surface area contributed by atoms with Crippen LogP contribution in [-0.4, -0.2) is 83.4 Å². The van der Waals surface area contributed by atoms with E-state index in [2.05, 4.69) is 15.6 Å². The molecule has 0 spiro atoms. The van der Waals surface area contributed by atoms with E-state index in [9.17, 15) is 32.5 Å². The summed E-state index contributed by atoms with van der Waals surface area (Å²) < 4.78 is 40.6. The normalized spacial score (nSPS) is 22.4. The Kier molecular flexibility index (Phi) is 8.02. The van der Waals surface area contributed by atoms with E-state index in [1.165, 1.54) is 12.0 Å². The summed E-state index contributed by atoms with van der Waals surface area (Å²) in [6, 6.07) is 13.8. The number of nitrogens with one attached hydrogen (secondary N) is 3. The lowest BCUT2D eigenvalue weighted by Crippen LogP contribution is -2.54. The van der Waals surface area contributed by atoms with Crippen molar-refractivity contribution in [3.63, 3.8) is 0 Å². The molecule has 0 aliphatic carbocycles. The van der Waals surface area contributed by atoms with Crippen molar-refractivity contribution in [1.82, 2.24) is 20.5 Å². The molecule has 3 aromatic rings. The molecule has 5 rings (SSSR count). The highest BCUT2D eigenvalue weighted by atomic mass is 32.2. The Labute approximate surface area is 236 Å². The first-order chi connectivity index (χ1) is 19.6. The smallest absolute Gasteiger partial charge is 0.271 e. The van der Waals surface area contributed by atoms with Gasteiger partial charge in [-0.3, -0.25) is 14.4 Å². The van der Waals surface area contributed by atoms with Gasteiger partial charge in [0.2, 0.25) is 11.8 Å². The van der Waals surface area contributed by atoms with Gasteiger partial charge in [0.15, 0.2) is 5.44 Å². The van der Waals surface area contributed by atoms with Gasteiger partial charge in [-0.2, -0.15) is 0 Å². The van der Waals surface area contributed by atoms with Crippen LogP contribution in [0.2, 0.25) is 0 Å². The van der Waals surface area contributed by atoms with Crippen molar-refractivity contribution in [2.75, 3.05) is 20.2 Å². The van der Waals surface area contributed by atoms with Crippen LogP contribution in [0.5, 0.6) is 5.75 Å². The number of carbonyl (C=O) groups excluding carboxylic acids is 3. The average molecular weight is 584 g/mol. The van der Waals surface area contributed by atoms with Crippen molar-refractivity contribution in [2.24, 2.45) is 5.92 Å². The van der Waals surface area contributed by atoms with Crippen molar-refractivity contribution >= 4 is 38.7 Å². The third-order valence-electron chi connectivity index (χ3n) is 7.88. The molecule has 0 saturated carbocycles. The molecule has 3 amide bonds. The number of methoxy groups -OCH3 is 1. The highest BCUT2D eigenvalue weighted by Gasteiger charge is 2.43. The van der Waals surface area contributed by atoms with E-state index in [-0.39, 0.29) is 36.9 Å². The molecule has 0 bridgehead atoms. The molecule has 2 aliphatic rings. The molecule has 4 N–H and O–H groups in total. The zero-order valence-corrected chi connectivity index (χ0v) is 23.1. The number of benzene rings is 2. The van der Waals surface area contributed by atoms with Gasteiger partial charge in [0.05, 0.1) is 13.2 Å². The summed E-state index contributed by atoms with van der Waals surface area (Å²) in [4.78, 5) is 44.2. The molecule has 218 valence electrons. The number of carbonyl (C=O) groups is 3. The summed E-state index contributed by atoms with van der Waals surface area (Å²) in [5, 5.41) is 16.2. The molecular weight excluding hydrogens is 552 g/mol. The Balaban J connectivity index is 1.45. The zero-order valence-electron chi connectivity index (χ0n) is 22.3. The molecule has 2 fully saturated rings. The Bertz CT molecular complexity index is 1560. The fraction of sp³-hybridized carbons (Fsp3) is 0.393. The van der Waals surface area contributed by atoms with Crippen LogP contribution in [0.15, 0.2) is 54.6 Å². The number of aromatic nitrogens is 1. The quantitative estimate of drug-likeness (QED) is 0.270. The number of rotatable bonds is 9. The molecule has 1 unspecified atom stereocenters. The van der Waals surface area contributed by atoms with Crippen molar-refractivity contribution in [2.45, 2.75) is 42.7 Å². The van der Waals surface area contributed by atoms with Crippen LogP contribution >= 0.6 is 0 Å². The summed E-state index contributed by atoms with van der Waals surface area (Å²) in [5.41, 5.74) is -0.639. The van der Waals surface area contributed by atoms with Gasteiger partial charge in [-0.15, -0.1) is 0 Å². The standard InChI is InChI=1S/C28H32N4O8S/c1-40-24-9-5-8-20-19(24)14-21(30-20)27(35)32-15-18(16-6-3-2-4-7-16)13-23(32)26(34)31-22(28(36)41(37,38)39)12-17-10-11-29-25(17)33/h2-9,14,17-18,22-23,28,30,36H,10-13,15H2,1H3,(H,29,33)(H,31,34)(H,37,38,39)/p-1/t17-,18+,22-,23-,28?/m0/s1. The predicted octanol–water partition coefficient (Wildman–Crippen LogP) is 1.05. The van der Waals surface area contributed by atoms with E-state index in [1.807, 2.05) is 30.3 Å². The molecular formula is C28H31N4O8S-. The van der Waals surface area contributed by atoms with Gasteiger partial charge in [-0.05, 0) is 43.0 Å². The van der Waals surface area contributed by atoms with Crippen LogP contribution < -0.4 is 15.4 Å². The van der Waals surface area contributed by atoms with Crippen LogP contribution in [0.3, 0.4) is 0 Å². The second-order valence-corrected chi connectivity index (χ2v) is 11.9. The predicted molar refractivity (Wildman–Crippen MR) is 147 cm³/mol. The summed E-state index contributed by atoms with van der Waals surface area (Å²) in [7, 11) is -3.69. The molecule has 1 aromatic heterocycles. The first-order valence-corrected chi connectivity index (χ1v) is 14.8. The van der Waals surface area contributed by atoms with Crippen LogP contribution in [0.1, 0.15) is 41.2 Å². The highest BCUT2D eigenvalue weighted by molar-refractivity contribution is 7.86. The topological polar surface area (TPSA) is 181 Å². The highest BCUT2D eigenvalue weighted by Crippen LogP contribution is 2.34. The second-order valence-electron chi connectivity index (χ2n) is 10.4. The summed E-state index contributed by atoms with van der Waals surface area (Å²) in [6.45, 7) is 0.564. The van der Waals surface area contributed by atoms with E-state index >= 15 is 0 Å². The molecule has 0 radical (unpaired) electrons. The van der Waals surface area contributed by atoms with Gasteiger partial charge in [-0.1, -0.05) is 36.4 Å². The fourth-order valence-corrected chi connectivity index (χ4v) is 6.34. The Morgan fingerprint density at radius 1 is 1.20 bits per heavy atom. The number of aliphatic hydroxyl groups excluding tert-OH is 1. The zero-order chi connectivity index (χ0) is 29.3. The molecule has 2 aromatic carbocycles. The largest absolute Gasteiger partial charge is 0.746 e. The van der Waals surface area contributed by atoms with Gasteiger partial charge >= 0.3 is 0 Å². The lowest BCUT2D eigenvalue weighted by molar-refractivity contribution is -0.127. The average Bonchev–Trinajstić information content (AvgIpc) is 3.70. The summed E-state index contributed by atoms with van der Waals surface area (Å²) in [5.74, 6) is -1.85. The number of likely N-dealkylation sites (tertiary alicyclic amines) is 1. The van der Waals surface area contributed by atoms with E-state index in [4.69, 9.17) is 4.74 Å². The Morgan fingerprint density at radius 3 is 2.61 bits per heavy atom.